The van der Waals surface area contributed by atoms with Crippen molar-refractivity contribution in [2.75, 3.05) is 5.32 Å². The topological polar surface area (TPSA) is 29.1 Å². The van der Waals surface area contributed by atoms with Gasteiger partial charge in [0.05, 0.1) is 5.92 Å². The van der Waals surface area contributed by atoms with Crippen LogP contribution in [-0.4, -0.2) is 5.91 Å². The van der Waals surface area contributed by atoms with Gasteiger partial charge in [-0.05, 0) is 34.9 Å². The lowest BCUT2D eigenvalue weighted by atomic mass is 9.95. The van der Waals surface area contributed by atoms with Crippen LogP contribution in [0.5, 0.6) is 0 Å². The summed E-state index contributed by atoms with van der Waals surface area (Å²) in [6.45, 7) is 2.04. The number of benzene rings is 3. The maximum Gasteiger partial charge on any atom is 0.231 e. The van der Waals surface area contributed by atoms with E-state index in [9.17, 15) is 4.79 Å². The number of carbonyl (C=O) groups excluding carboxylic acids is 1. The van der Waals surface area contributed by atoms with Crippen molar-refractivity contribution in [1.29, 1.82) is 0 Å². The summed E-state index contributed by atoms with van der Waals surface area (Å²) >= 11 is 0. The van der Waals surface area contributed by atoms with E-state index in [2.05, 4.69) is 17.4 Å². The van der Waals surface area contributed by atoms with Gasteiger partial charge in [-0.1, -0.05) is 67.6 Å². The molecule has 3 aromatic carbocycles. The highest BCUT2D eigenvalue weighted by Gasteiger charge is 2.18. The lowest BCUT2D eigenvalue weighted by Crippen LogP contribution is -2.20. The molecule has 2 nitrogen and oxygen atoms in total. The van der Waals surface area contributed by atoms with Crippen LogP contribution in [0.15, 0.2) is 72.8 Å². The van der Waals surface area contributed by atoms with Gasteiger partial charge in [0.1, 0.15) is 0 Å². The SMILES string of the molecule is CC[C@@H](C(=O)Nc1ccc2ccccc2c1)c1ccccc1. The van der Waals surface area contributed by atoms with Gasteiger partial charge in [-0.25, -0.2) is 0 Å². The second-order valence-corrected chi connectivity index (χ2v) is 5.42. The largest absolute Gasteiger partial charge is 0.326 e. The normalized spacial score (nSPS) is 12.0. The van der Waals surface area contributed by atoms with Gasteiger partial charge in [0.15, 0.2) is 0 Å². The highest BCUT2D eigenvalue weighted by Crippen LogP contribution is 2.23. The smallest absolute Gasteiger partial charge is 0.231 e. The Hall–Kier alpha value is -2.61. The molecular weight excluding hydrogens is 270 g/mol. The predicted octanol–water partition coefficient (Wildman–Crippen LogP) is 4.97. The molecule has 1 N–H and O–H groups in total. The zero-order chi connectivity index (χ0) is 15.4. The molecule has 110 valence electrons. The zero-order valence-corrected chi connectivity index (χ0v) is 12.6. The molecule has 2 heteroatoms. The van der Waals surface area contributed by atoms with E-state index in [-0.39, 0.29) is 11.8 Å². The van der Waals surface area contributed by atoms with Crippen LogP contribution in [0.4, 0.5) is 5.69 Å². The first-order valence-corrected chi connectivity index (χ1v) is 7.62. The molecule has 0 bridgehead atoms. The quantitative estimate of drug-likeness (QED) is 0.721. The Kier molecular flexibility index (Phi) is 4.19. The number of hydrogen-bond donors (Lipinski definition) is 1. The van der Waals surface area contributed by atoms with Crippen LogP contribution >= 0.6 is 0 Å². The molecule has 0 spiro atoms. The Labute approximate surface area is 130 Å². The highest BCUT2D eigenvalue weighted by molar-refractivity contribution is 5.98. The minimum atomic E-state index is -0.118. The third-order valence-electron chi connectivity index (χ3n) is 3.94. The van der Waals surface area contributed by atoms with Crippen LogP contribution in [0.3, 0.4) is 0 Å². The summed E-state index contributed by atoms with van der Waals surface area (Å²) in [6.07, 6.45) is 0.781. The number of fused-ring (bicyclic) bond motifs is 1. The summed E-state index contributed by atoms with van der Waals surface area (Å²) in [5, 5.41) is 5.35. The summed E-state index contributed by atoms with van der Waals surface area (Å²) in [7, 11) is 0. The second-order valence-electron chi connectivity index (χ2n) is 5.42. The standard InChI is InChI=1S/C20H19NO/c1-2-19(16-9-4-3-5-10-16)20(22)21-18-13-12-15-8-6-7-11-17(15)14-18/h3-14,19H,2H2,1H3,(H,21,22)/t19-/m1/s1. The van der Waals surface area contributed by atoms with Crippen molar-refractivity contribution in [2.45, 2.75) is 19.3 Å². The maximum absolute atomic E-state index is 12.6. The fourth-order valence-electron chi connectivity index (χ4n) is 2.75. The second kappa shape index (κ2) is 6.44. The summed E-state index contributed by atoms with van der Waals surface area (Å²) in [5.74, 6) is -0.0725. The molecule has 0 saturated heterocycles. The van der Waals surface area contributed by atoms with Crippen LogP contribution in [0, 0.1) is 0 Å². The number of hydrogen-bond acceptors (Lipinski definition) is 1. The third-order valence-corrected chi connectivity index (χ3v) is 3.94. The first-order chi connectivity index (χ1) is 10.8. The average molecular weight is 289 g/mol. The van der Waals surface area contributed by atoms with Gasteiger partial charge in [-0.3, -0.25) is 4.79 Å². The Morgan fingerprint density at radius 2 is 1.59 bits per heavy atom. The lowest BCUT2D eigenvalue weighted by molar-refractivity contribution is -0.117. The molecule has 22 heavy (non-hydrogen) atoms. The molecule has 0 fully saturated rings. The lowest BCUT2D eigenvalue weighted by Gasteiger charge is -2.15. The summed E-state index contributed by atoms with van der Waals surface area (Å²) in [6, 6.07) is 24.1. The van der Waals surface area contributed by atoms with Crippen LogP contribution in [-0.2, 0) is 4.79 Å². The number of rotatable bonds is 4. The van der Waals surface area contributed by atoms with Crippen molar-refractivity contribution in [3.05, 3.63) is 78.4 Å². The van der Waals surface area contributed by atoms with Crippen molar-refractivity contribution in [1.82, 2.24) is 0 Å². The van der Waals surface area contributed by atoms with E-state index in [0.29, 0.717) is 0 Å². The van der Waals surface area contributed by atoms with Gasteiger partial charge in [-0.15, -0.1) is 0 Å². The number of anilines is 1. The number of carbonyl (C=O) groups is 1. The summed E-state index contributed by atoms with van der Waals surface area (Å²) in [4.78, 5) is 12.6. The van der Waals surface area contributed by atoms with E-state index >= 15 is 0 Å². The summed E-state index contributed by atoms with van der Waals surface area (Å²) in [5.41, 5.74) is 1.90. The third kappa shape index (κ3) is 3.01. The van der Waals surface area contributed by atoms with Crippen molar-refractivity contribution in [2.24, 2.45) is 0 Å². The van der Waals surface area contributed by atoms with E-state index in [1.54, 1.807) is 0 Å². The average Bonchev–Trinajstić information content (AvgIpc) is 2.56. The van der Waals surface area contributed by atoms with E-state index < -0.39 is 0 Å². The van der Waals surface area contributed by atoms with Crippen molar-refractivity contribution in [3.8, 4) is 0 Å². The molecule has 1 amide bonds. The fraction of sp³-hybridized carbons (Fsp3) is 0.150. The molecule has 0 aromatic heterocycles. The maximum atomic E-state index is 12.6. The molecule has 0 aliphatic rings. The van der Waals surface area contributed by atoms with Gasteiger partial charge in [-0.2, -0.15) is 0 Å². The Balaban J connectivity index is 1.82. The van der Waals surface area contributed by atoms with Crippen LogP contribution < -0.4 is 5.32 Å². The molecule has 0 heterocycles. The molecule has 0 saturated carbocycles. The zero-order valence-electron chi connectivity index (χ0n) is 12.6. The molecule has 0 aliphatic carbocycles. The van der Waals surface area contributed by atoms with Gasteiger partial charge in [0, 0.05) is 5.69 Å². The van der Waals surface area contributed by atoms with Crippen molar-refractivity contribution < 1.29 is 4.79 Å². The highest BCUT2D eigenvalue weighted by atomic mass is 16.1. The van der Waals surface area contributed by atoms with Gasteiger partial charge >= 0.3 is 0 Å². The molecule has 3 aromatic rings. The molecule has 0 aliphatic heterocycles. The Bertz CT molecular complexity index is 780. The predicted molar refractivity (Wildman–Crippen MR) is 92.1 cm³/mol. The summed E-state index contributed by atoms with van der Waals surface area (Å²) < 4.78 is 0. The van der Waals surface area contributed by atoms with Crippen LogP contribution in [0.1, 0.15) is 24.8 Å². The molecule has 0 unspecified atom stereocenters. The Morgan fingerprint density at radius 3 is 2.32 bits per heavy atom. The van der Waals surface area contributed by atoms with E-state index in [1.165, 1.54) is 5.39 Å². The Morgan fingerprint density at radius 1 is 0.909 bits per heavy atom. The molecule has 1 atom stereocenters. The van der Waals surface area contributed by atoms with Gasteiger partial charge in [0.2, 0.25) is 5.91 Å². The van der Waals surface area contributed by atoms with E-state index in [1.807, 2.05) is 67.6 Å². The minimum absolute atomic E-state index is 0.0454. The number of amides is 1. The molecule has 0 radical (unpaired) electrons. The first kappa shape index (κ1) is 14.3. The van der Waals surface area contributed by atoms with Crippen LogP contribution in [0.25, 0.3) is 10.8 Å². The van der Waals surface area contributed by atoms with Gasteiger partial charge < -0.3 is 5.32 Å². The van der Waals surface area contributed by atoms with E-state index in [0.717, 1.165) is 23.1 Å². The molecular formula is C20H19NO. The van der Waals surface area contributed by atoms with E-state index in [4.69, 9.17) is 0 Å². The monoisotopic (exact) mass is 289 g/mol. The fourth-order valence-corrected chi connectivity index (χ4v) is 2.75. The van der Waals surface area contributed by atoms with Crippen molar-refractivity contribution >= 4 is 22.4 Å². The minimum Gasteiger partial charge on any atom is -0.326 e. The van der Waals surface area contributed by atoms with Gasteiger partial charge in [0.25, 0.3) is 0 Å². The molecule has 3 rings (SSSR count). The number of nitrogens with one attached hydrogen (secondary N) is 1. The van der Waals surface area contributed by atoms with Crippen molar-refractivity contribution in [3.63, 3.8) is 0 Å². The first-order valence-electron chi connectivity index (χ1n) is 7.62. The van der Waals surface area contributed by atoms with Crippen LogP contribution in [0.2, 0.25) is 0 Å².